The lowest BCUT2D eigenvalue weighted by Gasteiger charge is -2.19. The second kappa shape index (κ2) is 7.89. The SMILES string of the molecule is Cc1cc2c(cc1Cc1ccc(-c3cn(C)nn3)cc1F)C(=O)N(CC1CCCO1)C2. The van der Waals surface area contributed by atoms with Gasteiger partial charge in [-0.15, -0.1) is 5.10 Å². The van der Waals surface area contributed by atoms with E-state index in [0.717, 1.165) is 41.7 Å². The Balaban J connectivity index is 1.36. The molecule has 2 aliphatic heterocycles. The molecule has 0 bridgehead atoms. The molecule has 3 heterocycles. The molecule has 31 heavy (non-hydrogen) atoms. The molecule has 1 unspecified atom stereocenters. The molecule has 0 spiro atoms. The molecular weight excluding hydrogens is 395 g/mol. The van der Waals surface area contributed by atoms with Gasteiger partial charge in [-0.3, -0.25) is 9.48 Å². The molecule has 0 aliphatic carbocycles. The maximum absolute atomic E-state index is 14.9. The molecule has 2 aliphatic rings. The minimum absolute atomic E-state index is 0.0465. The van der Waals surface area contributed by atoms with Crippen LogP contribution in [0, 0.1) is 12.7 Å². The predicted octanol–water partition coefficient (Wildman–Crippen LogP) is 3.66. The predicted molar refractivity (Wildman–Crippen MR) is 114 cm³/mol. The van der Waals surface area contributed by atoms with Gasteiger partial charge in [0.15, 0.2) is 0 Å². The molecule has 5 rings (SSSR count). The molecule has 0 saturated carbocycles. The Kier molecular flexibility index (Phi) is 5.06. The minimum Gasteiger partial charge on any atom is -0.376 e. The van der Waals surface area contributed by atoms with Gasteiger partial charge in [0, 0.05) is 44.3 Å². The zero-order valence-electron chi connectivity index (χ0n) is 17.8. The molecule has 1 fully saturated rings. The molecular formula is C24H25FN4O2. The number of aryl methyl sites for hydroxylation is 2. The van der Waals surface area contributed by atoms with Crippen LogP contribution in [0.2, 0.25) is 0 Å². The number of nitrogens with zero attached hydrogens (tertiary/aromatic N) is 4. The fourth-order valence-corrected chi connectivity index (χ4v) is 4.50. The van der Waals surface area contributed by atoms with Gasteiger partial charge < -0.3 is 9.64 Å². The number of hydrogen-bond donors (Lipinski definition) is 0. The number of benzene rings is 2. The van der Waals surface area contributed by atoms with Crippen molar-refractivity contribution in [3.63, 3.8) is 0 Å². The zero-order valence-corrected chi connectivity index (χ0v) is 17.8. The second-order valence-electron chi connectivity index (χ2n) is 8.52. The monoisotopic (exact) mass is 420 g/mol. The van der Waals surface area contributed by atoms with E-state index in [2.05, 4.69) is 16.4 Å². The Morgan fingerprint density at radius 1 is 1.23 bits per heavy atom. The molecule has 1 amide bonds. The van der Waals surface area contributed by atoms with E-state index in [0.29, 0.717) is 36.3 Å². The third-order valence-corrected chi connectivity index (χ3v) is 6.22. The molecule has 160 valence electrons. The molecule has 1 saturated heterocycles. The average molecular weight is 420 g/mol. The smallest absolute Gasteiger partial charge is 0.254 e. The molecule has 1 aromatic heterocycles. The lowest BCUT2D eigenvalue weighted by Crippen LogP contribution is -2.32. The highest BCUT2D eigenvalue weighted by Crippen LogP contribution is 2.29. The van der Waals surface area contributed by atoms with Crippen molar-refractivity contribution in [2.45, 2.75) is 38.8 Å². The van der Waals surface area contributed by atoms with Crippen LogP contribution in [0.3, 0.4) is 0 Å². The number of carbonyl (C=O) groups is 1. The Morgan fingerprint density at radius 2 is 2.10 bits per heavy atom. The number of halogens is 1. The fraction of sp³-hybridized carbons (Fsp3) is 0.375. The number of carbonyl (C=O) groups excluding carboxylic acids is 1. The lowest BCUT2D eigenvalue weighted by atomic mass is 9.95. The van der Waals surface area contributed by atoms with Gasteiger partial charge in [-0.2, -0.15) is 0 Å². The first kappa shape index (κ1) is 19.9. The minimum atomic E-state index is -0.283. The van der Waals surface area contributed by atoms with Gasteiger partial charge in [0.2, 0.25) is 0 Å². The molecule has 2 aromatic carbocycles. The second-order valence-corrected chi connectivity index (χ2v) is 8.52. The van der Waals surface area contributed by atoms with Crippen molar-refractivity contribution in [2.75, 3.05) is 13.2 Å². The summed E-state index contributed by atoms with van der Waals surface area (Å²) in [6.45, 7) is 4.06. The molecule has 0 N–H and O–H groups in total. The summed E-state index contributed by atoms with van der Waals surface area (Å²) in [6, 6.07) is 9.16. The van der Waals surface area contributed by atoms with E-state index < -0.39 is 0 Å². The van der Waals surface area contributed by atoms with Crippen molar-refractivity contribution in [3.05, 3.63) is 70.2 Å². The van der Waals surface area contributed by atoms with Crippen molar-refractivity contribution in [2.24, 2.45) is 7.05 Å². The first-order chi connectivity index (χ1) is 15.0. The highest BCUT2D eigenvalue weighted by Gasteiger charge is 2.31. The summed E-state index contributed by atoms with van der Waals surface area (Å²) in [4.78, 5) is 14.8. The van der Waals surface area contributed by atoms with E-state index >= 15 is 0 Å². The molecule has 6 nitrogen and oxygen atoms in total. The Hall–Kier alpha value is -3.06. The number of amides is 1. The normalized spacial score (nSPS) is 18.1. The number of fused-ring (bicyclic) bond motifs is 1. The Bertz CT molecular complexity index is 1150. The summed E-state index contributed by atoms with van der Waals surface area (Å²) in [5.74, 6) is -0.236. The highest BCUT2D eigenvalue weighted by molar-refractivity contribution is 5.98. The standard InChI is InChI=1S/C24H25FN4O2/c1-15-8-19-12-29(13-20-4-3-7-31-20)24(30)21(19)10-18(15)9-16-5-6-17(11-22(16)25)23-14-28(2)27-26-23/h5-6,8,10-11,14,20H,3-4,7,9,12-13H2,1-2H3. The third-order valence-electron chi connectivity index (χ3n) is 6.22. The summed E-state index contributed by atoms with van der Waals surface area (Å²) in [5.41, 5.74) is 5.74. The summed E-state index contributed by atoms with van der Waals surface area (Å²) in [6.07, 6.45) is 4.40. The number of rotatable bonds is 5. The summed E-state index contributed by atoms with van der Waals surface area (Å²) in [5, 5.41) is 7.94. The van der Waals surface area contributed by atoms with E-state index in [1.807, 2.05) is 24.0 Å². The average Bonchev–Trinajstić information content (AvgIpc) is 3.47. The van der Waals surface area contributed by atoms with Gasteiger partial charge in [-0.1, -0.05) is 23.4 Å². The highest BCUT2D eigenvalue weighted by atomic mass is 19.1. The van der Waals surface area contributed by atoms with Gasteiger partial charge in [0.05, 0.1) is 12.3 Å². The third kappa shape index (κ3) is 3.85. The maximum Gasteiger partial charge on any atom is 0.254 e. The summed E-state index contributed by atoms with van der Waals surface area (Å²) < 4.78 is 22.1. The van der Waals surface area contributed by atoms with Crippen LogP contribution in [0.25, 0.3) is 11.3 Å². The quantitative estimate of drug-likeness (QED) is 0.632. The maximum atomic E-state index is 14.9. The molecule has 1 atom stereocenters. The first-order valence-corrected chi connectivity index (χ1v) is 10.7. The largest absolute Gasteiger partial charge is 0.376 e. The topological polar surface area (TPSA) is 60.2 Å². The van der Waals surface area contributed by atoms with Crippen LogP contribution in [0.15, 0.2) is 36.5 Å². The lowest BCUT2D eigenvalue weighted by molar-refractivity contribution is 0.0545. The van der Waals surface area contributed by atoms with Crippen molar-refractivity contribution in [1.82, 2.24) is 19.9 Å². The Labute approximate surface area is 180 Å². The number of hydrogen-bond acceptors (Lipinski definition) is 4. The Morgan fingerprint density at radius 3 is 2.81 bits per heavy atom. The van der Waals surface area contributed by atoms with Crippen molar-refractivity contribution < 1.29 is 13.9 Å². The van der Waals surface area contributed by atoms with Crippen LogP contribution in [-0.4, -0.2) is 45.1 Å². The summed E-state index contributed by atoms with van der Waals surface area (Å²) in [7, 11) is 1.78. The van der Waals surface area contributed by atoms with Crippen LogP contribution in [0.1, 0.15) is 45.5 Å². The van der Waals surface area contributed by atoms with Crippen molar-refractivity contribution >= 4 is 5.91 Å². The number of aromatic nitrogens is 3. The van der Waals surface area contributed by atoms with Gasteiger partial charge in [-0.25, -0.2) is 4.39 Å². The van der Waals surface area contributed by atoms with E-state index in [4.69, 9.17) is 4.74 Å². The van der Waals surface area contributed by atoms with Crippen LogP contribution in [-0.2, 0) is 24.8 Å². The van der Waals surface area contributed by atoms with Gasteiger partial charge >= 0.3 is 0 Å². The summed E-state index contributed by atoms with van der Waals surface area (Å²) >= 11 is 0. The van der Waals surface area contributed by atoms with Crippen LogP contribution < -0.4 is 0 Å². The van der Waals surface area contributed by atoms with E-state index in [9.17, 15) is 9.18 Å². The van der Waals surface area contributed by atoms with Gasteiger partial charge in [-0.05, 0) is 54.2 Å². The molecule has 7 heteroatoms. The number of ether oxygens (including phenoxy) is 1. The van der Waals surface area contributed by atoms with Crippen LogP contribution in [0.5, 0.6) is 0 Å². The van der Waals surface area contributed by atoms with Gasteiger partial charge in [0.1, 0.15) is 11.5 Å². The van der Waals surface area contributed by atoms with Crippen molar-refractivity contribution in [3.8, 4) is 11.3 Å². The zero-order chi connectivity index (χ0) is 21.5. The molecule has 3 aromatic rings. The van der Waals surface area contributed by atoms with Crippen molar-refractivity contribution in [1.29, 1.82) is 0 Å². The molecule has 0 radical (unpaired) electrons. The van der Waals surface area contributed by atoms with Crippen LogP contribution >= 0.6 is 0 Å². The first-order valence-electron chi connectivity index (χ1n) is 10.7. The van der Waals surface area contributed by atoms with E-state index in [1.165, 1.54) is 6.07 Å². The van der Waals surface area contributed by atoms with Crippen LogP contribution in [0.4, 0.5) is 4.39 Å². The van der Waals surface area contributed by atoms with Gasteiger partial charge in [0.25, 0.3) is 5.91 Å². The van der Waals surface area contributed by atoms with E-state index in [-0.39, 0.29) is 17.8 Å². The van der Waals surface area contributed by atoms with E-state index in [1.54, 1.807) is 24.0 Å². The fourth-order valence-electron chi connectivity index (χ4n) is 4.50.